The Labute approximate surface area is 160 Å². The first-order valence-electron chi connectivity index (χ1n) is 8.47. The smallest absolute Gasteiger partial charge is 0.387 e. The monoisotopic (exact) mass is 396 g/mol. The molecule has 1 aromatic heterocycles. The van der Waals surface area contributed by atoms with Gasteiger partial charge in [0, 0.05) is 19.2 Å². The Morgan fingerprint density at radius 2 is 1.93 bits per heavy atom. The van der Waals surface area contributed by atoms with Crippen LogP contribution < -0.4 is 20.1 Å². The van der Waals surface area contributed by atoms with Gasteiger partial charge in [0.2, 0.25) is 0 Å². The molecule has 0 aliphatic rings. The van der Waals surface area contributed by atoms with E-state index in [9.17, 15) is 18.4 Å². The number of aromatic nitrogens is 2. The molecule has 2 aromatic rings. The zero-order valence-electron chi connectivity index (χ0n) is 16.0. The lowest BCUT2D eigenvalue weighted by molar-refractivity contribution is -0.0512. The SMILES string of the molecule is COc1cc(C(=O)Nc2cnn(C)c2C(=O)NCC(C)C)ccc1OC(F)F. The molecule has 1 heterocycles. The lowest BCUT2D eigenvalue weighted by atomic mass is 10.2. The molecule has 28 heavy (non-hydrogen) atoms. The van der Waals surface area contributed by atoms with E-state index in [2.05, 4.69) is 20.5 Å². The number of carbonyl (C=O) groups excluding carboxylic acids is 2. The lowest BCUT2D eigenvalue weighted by Crippen LogP contribution is -2.30. The minimum Gasteiger partial charge on any atom is -0.493 e. The molecule has 0 spiro atoms. The number of ether oxygens (including phenoxy) is 2. The van der Waals surface area contributed by atoms with Gasteiger partial charge in [-0.1, -0.05) is 13.8 Å². The molecule has 0 atom stereocenters. The number of carbonyl (C=O) groups is 2. The molecule has 0 saturated carbocycles. The van der Waals surface area contributed by atoms with Crippen LogP contribution in [0.1, 0.15) is 34.7 Å². The summed E-state index contributed by atoms with van der Waals surface area (Å²) in [6, 6.07) is 3.78. The molecule has 10 heteroatoms. The molecule has 2 N–H and O–H groups in total. The maximum absolute atomic E-state index is 12.5. The molecule has 0 unspecified atom stereocenters. The number of anilines is 1. The van der Waals surface area contributed by atoms with Gasteiger partial charge < -0.3 is 20.1 Å². The summed E-state index contributed by atoms with van der Waals surface area (Å²) in [6.45, 7) is 1.37. The average Bonchev–Trinajstić information content (AvgIpc) is 2.99. The summed E-state index contributed by atoms with van der Waals surface area (Å²) in [5.74, 6) is -0.884. The first-order chi connectivity index (χ1) is 13.2. The highest BCUT2D eigenvalue weighted by Gasteiger charge is 2.20. The van der Waals surface area contributed by atoms with Gasteiger partial charge >= 0.3 is 6.61 Å². The first kappa shape index (κ1) is 21.1. The van der Waals surface area contributed by atoms with Crippen LogP contribution in [-0.2, 0) is 7.05 Å². The fraction of sp³-hybridized carbons (Fsp3) is 0.389. The number of rotatable bonds is 8. The maximum atomic E-state index is 12.5. The Hall–Kier alpha value is -3.17. The van der Waals surface area contributed by atoms with E-state index in [4.69, 9.17) is 4.74 Å². The van der Waals surface area contributed by atoms with Crippen molar-refractivity contribution in [2.75, 3.05) is 19.0 Å². The van der Waals surface area contributed by atoms with E-state index in [1.165, 1.54) is 36.2 Å². The topological polar surface area (TPSA) is 94.5 Å². The number of hydrogen-bond acceptors (Lipinski definition) is 5. The summed E-state index contributed by atoms with van der Waals surface area (Å²) in [5, 5.41) is 9.37. The number of benzene rings is 1. The van der Waals surface area contributed by atoms with E-state index in [-0.39, 0.29) is 40.3 Å². The van der Waals surface area contributed by atoms with Crippen molar-refractivity contribution in [1.82, 2.24) is 15.1 Å². The van der Waals surface area contributed by atoms with Crippen LogP contribution in [-0.4, -0.2) is 41.9 Å². The van der Waals surface area contributed by atoms with Crippen LogP contribution in [0.2, 0.25) is 0 Å². The number of alkyl halides is 2. The third-order valence-electron chi connectivity index (χ3n) is 3.71. The van der Waals surface area contributed by atoms with Crippen LogP contribution in [0.4, 0.5) is 14.5 Å². The second-order valence-electron chi connectivity index (χ2n) is 6.33. The molecule has 152 valence electrons. The van der Waals surface area contributed by atoms with E-state index in [0.717, 1.165) is 0 Å². The largest absolute Gasteiger partial charge is 0.493 e. The van der Waals surface area contributed by atoms with Crippen LogP contribution in [0.5, 0.6) is 11.5 Å². The Balaban J connectivity index is 2.20. The predicted molar refractivity (Wildman–Crippen MR) is 98.0 cm³/mol. The Morgan fingerprint density at radius 1 is 1.21 bits per heavy atom. The highest BCUT2D eigenvalue weighted by molar-refractivity contribution is 6.08. The number of nitrogens with one attached hydrogen (secondary N) is 2. The predicted octanol–water partition coefficient (Wildman–Crippen LogP) is 2.67. The van der Waals surface area contributed by atoms with Crippen molar-refractivity contribution in [3.05, 3.63) is 35.7 Å². The minimum atomic E-state index is -3.02. The molecule has 0 aliphatic heterocycles. The molecule has 0 fully saturated rings. The van der Waals surface area contributed by atoms with Crippen molar-refractivity contribution in [2.24, 2.45) is 13.0 Å². The number of halogens is 2. The number of aryl methyl sites for hydroxylation is 1. The number of nitrogens with zero attached hydrogens (tertiary/aromatic N) is 2. The van der Waals surface area contributed by atoms with E-state index in [0.29, 0.717) is 6.54 Å². The number of methoxy groups -OCH3 is 1. The fourth-order valence-electron chi connectivity index (χ4n) is 2.38. The Kier molecular flexibility index (Phi) is 6.91. The van der Waals surface area contributed by atoms with Crippen molar-refractivity contribution >= 4 is 17.5 Å². The summed E-state index contributed by atoms with van der Waals surface area (Å²) >= 11 is 0. The van der Waals surface area contributed by atoms with E-state index in [1.807, 2.05) is 13.8 Å². The standard InChI is InChI=1S/C18H22F2N4O4/c1-10(2)8-21-17(26)15-12(9-22-24(15)3)23-16(25)11-5-6-13(28-18(19)20)14(7-11)27-4/h5-7,9-10,18H,8H2,1-4H3,(H,21,26)(H,23,25). The third kappa shape index (κ3) is 5.18. The second-order valence-corrected chi connectivity index (χ2v) is 6.33. The lowest BCUT2D eigenvalue weighted by Gasteiger charge is -2.12. The summed E-state index contributed by atoms with van der Waals surface area (Å²) in [4.78, 5) is 24.9. The summed E-state index contributed by atoms with van der Waals surface area (Å²) in [7, 11) is 2.85. The van der Waals surface area contributed by atoms with Gasteiger partial charge in [-0.3, -0.25) is 14.3 Å². The van der Waals surface area contributed by atoms with Crippen LogP contribution >= 0.6 is 0 Å². The van der Waals surface area contributed by atoms with Gasteiger partial charge in [-0.05, 0) is 24.1 Å². The molecule has 1 aromatic carbocycles. The summed E-state index contributed by atoms with van der Waals surface area (Å²) < 4.78 is 35.5. The van der Waals surface area contributed by atoms with Gasteiger partial charge in [-0.2, -0.15) is 13.9 Å². The van der Waals surface area contributed by atoms with Crippen LogP contribution in [0.3, 0.4) is 0 Å². The van der Waals surface area contributed by atoms with E-state index < -0.39 is 12.5 Å². The molecule has 0 radical (unpaired) electrons. The van der Waals surface area contributed by atoms with E-state index >= 15 is 0 Å². The summed E-state index contributed by atoms with van der Waals surface area (Å²) in [6.07, 6.45) is 1.35. The average molecular weight is 396 g/mol. The molecule has 2 rings (SSSR count). The summed E-state index contributed by atoms with van der Waals surface area (Å²) in [5.41, 5.74) is 0.551. The van der Waals surface area contributed by atoms with Crippen LogP contribution in [0.25, 0.3) is 0 Å². The molecular weight excluding hydrogens is 374 g/mol. The highest BCUT2D eigenvalue weighted by atomic mass is 19.3. The zero-order chi connectivity index (χ0) is 20.8. The van der Waals surface area contributed by atoms with Gasteiger partial charge in [-0.25, -0.2) is 0 Å². The van der Waals surface area contributed by atoms with Gasteiger partial charge in [0.15, 0.2) is 11.5 Å². The van der Waals surface area contributed by atoms with Crippen LogP contribution in [0.15, 0.2) is 24.4 Å². The number of amides is 2. The molecule has 2 amide bonds. The third-order valence-corrected chi connectivity index (χ3v) is 3.71. The van der Waals surface area contributed by atoms with Crippen molar-refractivity contribution in [1.29, 1.82) is 0 Å². The molecule has 8 nitrogen and oxygen atoms in total. The minimum absolute atomic E-state index is 0.0194. The Morgan fingerprint density at radius 3 is 2.54 bits per heavy atom. The van der Waals surface area contributed by atoms with Crippen molar-refractivity contribution < 1.29 is 27.8 Å². The maximum Gasteiger partial charge on any atom is 0.387 e. The van der Waals surface area contributed by atoms with Gasteiger partial charge in [0.25, 0.3) is 11.8 Å². The quantitative estimate of drug-likeness (QED) is 0.715. The Bertz CT molecular complexity index is 852. The zero-order valence-corrected chi connectivity index (χ0v) is 16.0. The van der Waals surface area contributed by atoms with Gasteiger partial charge in [-0.15, -0.1) is 0 Å². The number of hydrogen-bond donors (Lipinski definition) is 2. The van der Waals surface area contributed by atoms with Crippen molar-refractivity contribution in [2.45, 2.75) is 20.5 Å². The van der Waals surface area contributed by atoms with Gasteiger partial charge in [0.1, 0.15) is 5.69 Å². The molecule has 0 aliphatic carbocycles. The van der Waals surface area contributed by atoms with Gasteiger partial charge in [0.05, 0.1) is 19.0 Å². The van der Waals surface area contributed by atoms with Crippen LogP contribution in [0, 0.1) is 5.92 Å². The van der Waals surface area contributed by atoms with Crippen molar-refractivity contribution in [3.8, 4) is 11.5 Å². The fourth-order valence-corrected chi connectivity index (χ4v) is 2.38. The molecule has 0 saturated heterocycles. The van der Waals surface area contributed by atoms with Crippen molar-refractivity contribution in [3.63, 3.8) is 0 Å². The highest BCUT2D eigenvalue weighted by Crippen LogP contribution is 2.30. The molecular formula is C18H22F2N4O4. The molecule has 0 bridgehead atoms. The van der Waals surface area contributed by atoms with E-state index in [1.54, 1.807) is 7.05 Å². The normalized spacial score (nSPS) is 10.9. The second kappa shape index (κ2) is 9.16. The first-order valence-corrected chi connectivity index (χ1v) is 8.47.